The first kappa shape index (κ1) is 68.0. The van der Waals surface area contributed by atoms with Crippen molar-refractivity contribution in [3.63, 3.8) is 0 Å². The minimum Gasteiger partial charge on any atom is -0.507 e. The van der Waals surface area contributed by atoms with Crippen LogP contribution in [0.15, 0.2) is 46.7 Å². The molecule has 1 heterocycles. The van der Waals surface area contributed by atoms with Crippen LogP contribution in [0, 0.1) is 0 Å². The fourth-order valence-electron chi connectivity index (χ4n) is 10.1. The van der Waals surface area contributed by atoms with Gasteiger partial charge in [0.25, 0.3) is 0 Å². The summed E-state index contributed by atoms with van der Waals surface area (Å²) in [7, 11) is 0. The number of aromatic hydroxyl groups is 3. The highest BCUT2D eigenvalue weighted by atomic mass is 32.2. The summed E-state index contributed by atoms with van der Waals surface area (Å²) in [6.07, 6.45) is 17.3. The molecule has 4 rings (SSSR count). The van der Waals surface area contributed by atoms with Gasteiger partial charge in [-0.25, -0.2) is 0 Å². The maximum atomic E-state index is 13.3. The van der Waals surface area contributed by atoms with Gasteiger partial charge in [-0.2, -0.15) is 15.0 Å². The molecule has 13 heteroatoms. The zero-order chi connectivity index (χ0) is 59.9. The molecular weight excluding hydrogens is 1030 g/mol. The van der Waals surface area contributed by atoms with E-state index in [0.717, 1.165) is 84.9 Å². The van der Waals surface area contributed by atoms with Crippen molar-refractivity contribution in [2.45, 2.75) is 283 Å². The number of carbonyl (C=O) groups is 2. The average Bonchev–Trinajstić information content (AvgIpc) is 3.39. The number of thioether (sulfide) groups is 2. The second-order valence-corrected chi connectivity index (χ2v) is 30.1. The predicted octanol–water partition coefficient (Wildman–Crippen LogP) is 17.6. The van der Waals surface area contributed by atoms with Gasteiger partial charge in [0, 0.05) is 46.7 Å². The van der Waals surface area contributed by atoms with Gasteiger partial charge in [0.15, 0.2) is 10.3 Å². The molecule has 4 aromatic rings. The van der Waals surface area contributed by atoms with Crippen LogP contribution in [0.4, 0.5) is 11.6 Å². The van der Waals surface area contributed by atoms with E-state index in [1.165, 1.54) is 64.2 Å². The van der Waals surface area contributed by atoms with Crippen LogP contribution in [0.2, 0.25) is 0 Å². The molecule has 3 aromatic carbocycles. The molecule has 2 amide bonds. The lowest BCUT2D eigenvalue weighted by Crippen LogP contribution is -2.41. The van der Waals surface area contributed by atoms with Crippen LogP contribution in [0.5, 0.6) is 17.2 Å². The van der Waals surface area contributed by atoms with E-state index in [9.17, 15) is 24.9 Å². The van der Waals surface area contributed by atoms with Crippen LogP contribution in [-0.4, -0.2) is 53.6 Å². The van der Waals surface area contributed by atoms with Crippen LogP contribution >= 0.6 is 23.5 Å². The maximum Gasteiger partial charge on any atom is 0.238 e. The number of benzene rings is 3. The zero-order valence-electron chi connectivity index (χ0n) is 52.9. The minimum absolute atomic E-state index is 0.131. The van der Waals surface area contributed by atoms with Gasteiger partial charge in [-0.1, -0.05) is 237 Å². The summed E-state index contributed by atoms with van der Waals surface area (Å²) in [6, 6.07) is 12.1. The van der Waals surface area contributed by atoms with E-state index in [-0.39, 0.29) is 57.8 Å². The molecular formula is C67H106N6O5S2. The van der Waals surface area contributed by atoms with Gasteiger partial charge in [0.05, 0.1) is 0 Å². The van der Waals surface area contributed by atoms with Crippen LogP contribution < -0.4 is 16.2 Å². The Labute approximate surface area is 493 Å². The first-order valence-corrected chi connectivity index (χ1v) is 32.1. The standard InChI is InChI=1S/C67H106N6O5S2/c1-19-21-23-25-27-29-37-79-60-69-59(70-61(71-60)80-38-30-28-26-24-22-20-2)68-47-43-51(65(12,13)14)58(78)53(44-47)67(17,18)36-35-66(15,16)52-42-46(41-50(57(52)77)64(9,10)11)32-34-55(75)73-72-54(74)33-31-45-39-48(62(3,4)5)56(76)49(40-45)63(6,7)8/h39-44,76-78H,19-38H2,1-18H3,(H,72,74)(H,73,75)(H,68,69,70,71). The number of anilines is 2. The fourth-order valence-corrected chi connectivity index (χ4v) is 11.8. The summed E-state index contributed by atoms with van der Waals surface area (Å²) in [5, 5.41) is 40.5. The zero-order valence-corrected chi connectivity index (χ0v) is 54.6. The summed E-state index contributed by atoms with van der Waals surface area (Å²) < 4.78 is 0. The number of amides is 2. The number of rotatable bonds is 29. The van der Waals surface area contributed by atoms with Crippen molar-refractivity contribution in [1.29, 1.82) is 0 Å². The van der Waals surface area contributed by atoms with E-state index < -0.39 is 10.8 Å². The number of unbranched alkanes of at least 4 members (excludes halogenated alkanes) is 10. The van der Waals surface area contributed by atoms with E-state index in [4.69, 9.17) is 15.0 Å². The first-order chi connectivity index (χ1) is 37.2. The third-order valence-electron chi connectivity index (χ3n) is 15.4. The fraction of sp³-hybridized carbons (Fsp3) is 0.657. The SMILES string of the molecule is CCCCCCCCSc1nc(Nc2cc(C(C)(C)C)c(O)c(C(C)(C)CCC(C)(C)c3cc(CCC(=O)NNC(=O)CCc4cc(C(C)(C)C)c(O)c(C(C)(C)C)c4)cc(C(C)(C)C)c3O)c2)nc(SCCCCCCCC)n1. The third-order valence-corrected chi connectivity index (χ3v) is 17.3. The summed E-state index contributed by atoms with van der Waals surface area (Å²) >= 11 is 3.41. The van der Waals surface area contributed by atoms with Gasteiger partial charge in [0.1, 0.15) is 17.2 Å². The van der Waals surface area contributed by atoms with Gasteiger partial charge in [-0.05, 0) is 111 Å². The topological polar surface area (TPSA) is 170 Å². The number of hydrogen-bond acceptors (Lipinski definition) is 11. The number of carbonyl (C=O) groups excluding carboxylic acids is 2. The molecule has 0 unspecified atom stereocenters. The van der Waals surface area contributed by atoms with Gasteiger partial charge >= 0.3 is 0 Å². The van der Waals surface area contributed by atoms with Crippen LogP contribution in [0.3, 0.4) is 0 Å². The Kier molecular flexibility index (Phi) is 25.2. The number of hydrazine groups is 1. The Morgan fingerprint density at radius 1 is 0.438 bits per heavy atom. The van der Waals surface area contributed by atoms with Crippen molar-refractivity contribution < 1.29 is 24.9 Å². The third kappa shape index (κ3) is 21.0. The first-order valence-electron chi connectivity index (χ1n) is 30.2. The molecule has 0 aliphatic rings. The molecule has 0 fully saturated rings. The lowest BCUT2D eigenvalue weighted by molar-refractivity contribution is -0.128. The van der Waals surface area contributed by atoms with E-state index in [0.29, 0.717) is 37.4 Å². The Morgan fingerprint density at radius 3 is 1.12 bits per heavy atom. The van der Waals surface area contributed by atoms with E-state index >= 15 is 0 Å². The highest BCUT2D eigenvalue weighted by Crippen LogP contribution is 2.48. The van der Waals surface area contributed by atoms with Gasteiger partial charge in [-0.3, -0.25) is 20.4 Å². The Hall–Kier alpha value is -4.49. The van der Waals surface area contributed by atoms with Gasteiger partial charge in [-0.15, -0.1) is 0 Å². The summed E-state index contributed by atoms with van der Waals surface area (Å²) in [5.74, 6) is 2.65. The molecule has 6 N–H and O–H groups in total. The van der Waals surface area contributed by atoms with Crippen molar-refractivity contribution in [3.05, 3.63) is 80.9 Å². The monoisotopic (exact) mass is 1140 g/mol. The van der Waals surface area contributed by atoms with Crippen LogP contribution in [0.1, 0.15) is 272 Å². The highest BCUT2D eigenvalue weighted by Gasteiger charge is 2.35. The Bertz CT molecular complexity index is 2580. The second-order valence-electron chi connectivity index (χ2n) is 27.9. The van der Waals surface area contributed by atoms with Gasteiger partial charge in [0.2, 0.25) is 17.8 Å². The van der Waals surface area contributed by atoms with Crippen molar-refractivity contribution in [1.82, 2.24) is 25.8 Å². The Balaban J connectivity index is 1.53. The molecule has 0 bridgehead atoms. The summed E-state index contributed by atoms with van der Waals surface area (Å²) in [6.45, 7) is 38.2. The van der Waals surface area contributed by atoms with Crippen molar-refractivity contribution >= 4 is 47.0 Å². The molecule has 80 heavy (non-hydrogen) atoms. The van der Waals surface area contributed by atoms with E-state index in [1.807, 2.05) is 30.3 Å². The smallest absolute Gasteiger partial charge is 0.238 e. The molecule has 446 valence electrons. The number of nitrogens with one attached hydrogen (secondary N) is 3. The van der Waals surface area contributed by atoms with Crippen LogP contribution in [-0.2, 0) is 54.9 Å². The quantitative estimate of drug-likeness (QED) is 0.0132. The van der Waals surface area contributed by atoms with Gasteiger partial charge < -0.3 is 20.6 Å². The number of aromatic nitrogens is 3. The van der Waals surface area contributed by atoms with E-state index in [1.54, 1.807) is 23.5 Å². The lowest BCUT2D eigenvalue weighted by Gasteiger charge is -2.35. The largest absolute Gasteiger partial charge is 0.507 e. The number of phenolic OH excluding ortho intramolecular Hbond substituents is 3. The molecule has 11 nitrogen and oxygen atoms in total. The van der Waals surface area contributed by atoms with Crippen LogP contribution in [0.25, 0.3) is 0 Å². The Morgan fingerprint density at radius 2 is 0.750 bits per heavy atom. The predicted molar refractivity (Wildman–Crippen MR) is 339 cm³/mol. The number of hydrogen-bond donors (Lipinski definition) is 6. The molecule has 0 aliphatic carbocycles. The summed E-state index contributed by atoms with van der Waals surface area (Å²) in [5.41, 5.74) is 10.5. The van der Waals surface area contributed by atoms with Crippen molar-refractivity contribution in [2.24, 2.45) is 0 Å². The molecule has 0 radical (unpaired) electrons. The average molecular weight is 1140 g/mol. The molecule has 0 aliphatic heterocycles. The molecule has 0 atom stereocenters. The molecule has 0 saturated heterocycles. The lowest BCUT2D eigenvalue weighted by atomic mass is 9.70. The van der Waals surface area contributed by atoms with Crippen molar-refractivity contribution in [3.8, 4) is 17.2 Å². The molecule has 0 spiro atoms. The molecule has 0 saturated carbocycles. The summed E-state index contributed by atoms with van der Waals surface area (Å²) in [4.78, 5) is 41.3. The minimum atomic E-state index is -0.511. The number of nitrogens with zero attached hydrogens (tertiary/aromatic N) is 3. The highest BCUT2D eigenvalue weighted by molar-refractivity contribution is 7.99. The number of phenols is 3. The maximum absolute atomic E-state index is 13.3. The second kappa shape index (κ2) is 29.7. The number of aryl methyl sites for hydroxylation is 2. The normalized spacial score (nSPS) is 12.7. The van der Waals surface area contributed by atoms with Crippen molar-refractivity contribution in [2.75, 3.05) is 16.8 Å². The van der Waals surface area contributed by atoms with E-state index in [2.05, 4.69) is 147 Å². The molecule has 1 aromatic heterocycles.